The molecule has 1 aromatic rings. The van der Waals surface area contributed by atoms with Gasteiger partial charge in [-0.25, -0.2) is 14.0 Å². The topological polar surface area (TPSA) is 73.9 Å². The summed E-state index contributed by atoms with van der Waals surface area (Å²) in [4.78, 5) is 23.4. The van der Waals surface area contributed by atoms with Gasteiger partial charge in [-0.2, -0.15) is 8.78 Å². The Labute approximate surface area is 128 Å². The van der Waals surface area contributed by atoms with Crippen molar-refractivity contribution in [1.82, 2.24) is 0 Å². The molecule has 1 aliphatic rings. The van der Waals surface area contributed by atoms with Crippen LogP contribution in [0.1, 0.15) is 13.8 Å². The van der Waals surface area contributed by atoms with Crippen LogP contribution in [-0.2, 0) is 19.1 Å². The number of ether oxygens (including phenoxy) is 3. The van der Waals surface area contributed by atoms with Crippen LogP contribution in [0.2, 0.25) is 0 Å². The molecule has 1 aliphatic heterocycles. The predicted octanol–water partition coefficient (Wildman–Crippen LogP) is 2.56. The molecule has 0 atom stereocenters. The Bertz CT molecular complexity index is 650. The van der Waals surface area contributed by atoms with Crippen LogP contribution in [0.15, 0.2) is 30.0 Å². The molecule has 0 radical (unpaired) electrons. The van der Waals surface area contributed by atoms with Crippen molar-refractivity contribution >= 4 is 17.6 Å². The van der Waals surface area contributed by atoms with Crippen molar-refractivity contribution in [2.75, 3.05) is 5.32 Å². The number of anilines is 1. The zero-order valence-electron chi connectivity index (χ0n) is 12.1. The molecule has 1 saturated heterocycles. The molecule has 1 heterocycles. The van der Waals surface area contributed by atoms with Gasteiger partial charge in [-0.15, -0.1) is 0 Å². The predicted molar refractivity (Wildman–Crippen MR) is 71.0 cm³/mol. The third kappa shape index (κ3) is 4.15. The second-order valence-electron chi connectivity index (χ2n) is 4.90. The zero-order valence-corrected chi connectivity index (χ0v) is 12.1. The first-order chi connectivity index (χ1) is 10.7. The number of cyclic esters (lactones) is 2. The van der Waals surface area contributed by atoms with E-state index >= 15 is 0 Å². The summed E-state index contributed by atoms with van der Waals surface area (Å²) in [5.74, 6) is -4.44. The van der Waals surface area contributed by atoms with E-state index < -0.39 is 35.7 Å². The Morgan fingerprint density at radius 2 is 1.83 bits per heavy atom. The van der Waals surface area contributed by atoms with Gasteiger partial charge >= 0.3 is 18.6 Å². The highest BCUT2D eigenvalue weighted by molar-refractivity contribution is 6.15. The van der Waals surface area contributed by atoms with E-state index in [1.807, 2.05) is 0 Å². The average molecular weight is 331 g/mol. The first-order valence-corrected chi connectivity index (χ1v) is 6.36. The van der Waals surface area contributed by atoms with Crippen LogP contribution in [0.25, 0.3) is 0 Å². The van der Waals surface area contributed by atoms with Crippen LogP contribution in [-0.4, -0.2) is 24.3 Å². The van der Waals surface area contributed by atoms with E-state index in [9.17, 15) is 22.8 Å². The molecule has 23 heavy (non-hydrogen) atoms. The molecule has 0 amide bonds. The summed E-state index contributed by atoms with van der Waals surface area (Å²) in [6, 6.07) is 2.75. The smallest absolute Gasteiger partial charge is 0.387 e. The number of halogens is 3. The lowest BCUT2D eigenvalue weighted by Gasteiger charge is -2.29. The van der Waals surface area contributed by atoms with E-state index in [4.69, 9.17) is 9.47 Å². The Morgan fingerprint density at radius 1 is 1.22 bits per heavy atom. The number of alkyl halides is 2. The average Bonchev–Trinajstić information content (AvgIpc) is 2.38. The number of hydrogen-bond donors (Lipinski definition) is 1. The van der Waals surface area contributed by atoms with Crippen molar-refractivity contribution in [2.45, 2.75) is 26.2 Å². The molecule has 1 N–H and O–H groups in total. The Hall–Kier alpha value is -2.71. The highest BCUT2D eigenvalue weighted by Gasteiger charge is 2.39. The SMILES string of the molecule is CC1(C)OC(=O)C(=CNc2cc(F)ccc2OC(F)F)C(=O)O1. The van der Waals surface area contributed by atoms with Gasteiger partial charge in [-0.3, -0.25) is 0 Å². The second kappa shape index (κ2) is 6.19. The standard InChI is InChI=1S/C14H12F3NO5/c1-14(2)22-11(19)8(12(20)23-14)6-18-9-5-7(15)3-4-10(9)21-13(16)17/h3-6,13,18H,1-2H3. The number of esters is 2. The van der Waals surface area contributed by atoms with Gasteiger partial charge in [0, 0.05) is 26.1 Å². The van der Waals surface area contributed by atoms with E-state index in [-0.39, 0.29) is 11.4 Å². The molecule has 1 fully saturated rings. The van der Waals surface area contributed by atoms with Gasteiger partial charge in [0.15, 0.2) is 5.57 Å². The number of nitrogens with one attached hydrogen (secondary N) is 1. The van der Waals surface area contributed by atoms with E-state index in [0.29, 0.717) is 0 Å². The number of carbonyl (C=O) groups excluding carboxylic acids is 2. The van der Waals surface area contributed by atoms with Crippen LogP contribution in [0.4, 0.5) is 18.9 Å². The molecule has 9 heteroatoms. The number of benzene rings is 1. The fourth-order valence-corrected chi connectivity index (χ4v) is 1.74. The molecular weight excluding hydrogens is 319 g/mol. The van der Waals surface area contributed by atoms with Gasteiger partial charge in [-0.05, 0) is 12.1 Å². The molecule has 0 saturated carbocycles. The largest absolute Gasteiger partial charge is 0.433 e. The van der Waals surface area contributed by atoms with Crippen molar-refractivity contribution in [2.24, 2.45) is 0 Å². The summed E-state index contributed by atoms with van der Waals surface area (Å²) in [5, 5.41) is 2.36. The monoisotopic (exact) mass is 331 g/mol. The summed E-state index contributed by atoms with van der Waals surface area (Å²) in [7, 11) is 0. The lowest BCUT2D eigenvalue weighted by molar-refractivity contribution is -0.222. The van der Waals surface area contributed by atoms with Crippen LogP contribution in [0.5, 0.6) is 5.75 Å². The third-order valence-electron chi connectivity index (χ3n) is 2.65. The highest BCUT2D eigenvalue weighted by atomic mass is 19.3. The minimum Gasteiger partial charge on any atom is -0.433 e. The number of rotatable bonds is 4. The van der Waals surface area contributed by atoms with Gasteiger partial charge in [0.1, 0.15) is 11.6 Å². The van der Waals surface area contributed by atoms with Gasteiger partial charge in [0.25, 0.3) is 5.79 Å². The van der Waals surface area contributed by atoms with E-state index in [0.717, 1.165) is 24.4 Å². The van der Waals surface area contributed by atoms with Crippen LogP contribution >= 0.6 is 0 Å². The molecule has 0 unspecified atom stereocenters. The van der Waals surface area contributed by atoms with Crippen molar-refractivity contribution < 1.29 is 37.0 Å². The maximum absolute atomic E-state index is 13.2. The summed E-state index contributed by atoms with van der Waals surface area (Å²) in [6.07, 6.45) is 0.868. The van der Waals surface area contributed by atoms with Gasteiger partial charge in [-0.1, -0.05) is 0 Å². The minimum atomic E-state index is -3.13. The van der Waals surface area contributed by atoms with Crippen molar-refractivity contribution in [3.05, 3.63) is 35.8 Å². The van der Waals surface area contributed by atoms with Crippen LogP contribution in [0.3, 0.4) is 0 Å². The molecule has 1 aromatic carbocycles. The van der Waals surface area contributed by atoms with Crippen LogP contribution in [0, 0.1) is 5.82 Å². The van der Waals surface area contributed by atoms with Crippen molar-refractivity contribution in [3.63, 3.8) is 0 Å². The maximum Gasteiger partial charge on any atom is 0.387 e. The summed E-state index contributed by atoms with van der Waals surface area (Å²) in [5.41, 5.74) is -0.709. The molecule has 0 aromatic heterocycles. The van der Waals surface area contributed by atoms with Gasteiger partial charge in [0.05, 0.1) is 5.69 Å². The fraction of sp³-hybridized carbons (Fsp3) is 0.286. The third-order valence-corrected chi connectivity index (χ3v) is 2.65. The normalized spacial score (nSPS) is 16.7. The fourth-order valence-electron chi connectivity index (χ4n) is 1.74. The summed E-state index contributed by atoms with van der Waals surface area (Å²) < 4.78 is 51.7. The lowest BCUT2D eigenvalue weighted by atomic mass is 10.2. The number of carbonyl (C=O) groups is 2. The summed E-state index contributed by atoms with van der Waals surface area (Å²) >= 11 is 0. The molecule has 0 spiro atoms. The van der Waals surface area contributed by atoms with Gasteiger partial charge < -0.3 is 19.5 Å². The van der Waals surface area contributed by atoms with E-state index in [1.54, 1.807) is 0 Å². The summed E-state index contributed by atoms with van der Waals surface area (Å²) in [6.45, 7) is -0.387. The quantitative estimate of drug-likeness (QED) is 0.519. The Morgan fingerprint density at radius 3 is 2.39 bits per heavy atom. The molecule has 0 bridgehead atoms. The first kappa shape index (κ1) is 16.7. The number of hydrogen-bond acceptors (Lipinski definition) is 6. The van der Waals surface area contributed by atoms with E-state index in [2.05, 4.69) is 10.1 Å². The zero-order chi connectivity index (χ0) is 17.2. The van der Waals surface area contributed by atoms with Crippen molar-refractivity contribution in [3.8, 4) is 5.75 Å². The molecule has 124 valence electrons. The first-order valence-electron chi connectivity index (χ1n) is 6.36. The Balaban J connectivity index is 2.24. The van der Waals surface area contributed by atoms with Crippen molar-refractivity contribution in [1.29, 1.82) is 0 Å². The highest BCUT2D eigenvalue weighted by Crippen LogP contribution is 2.28. The van der Waals surface area contributed by atoms with E-state index in [1.165, 1.54) is 13.8 Å². The maximum atomic E-state index is 13.2. The lowest BCUT2D eigenvalue weighted by Crippen LogP contribution is -2.42. The second-order valence-corrected chi connectivity index (χ2v) is 4.90. The van der Waals surface area contributed by atoms with Crippen LogP contribution < -0.4 is 10.1 Å². The Kier molecular flexibility index (Phi) is 4.48. The molecule has 6 nitrogen and oxygen atoms in total. The molecule has 0 aliphatic carbocycles. The van der Waals surface area contributed by atoms with Gasteiger partial charge in [0.2, 0.25) is 0 Å². The molecule has 2 rings (SSSR count). The molecular formula is C14H12F3NO5. The minimum absolute atomic E-state index is 0.205.